The number of rotatable bonds is 5. The lowest BCUT2D eigenvalue weighted by atomic mass is 10.0. The molecular weight excluding hydrogens is 398 g/mol. The van der Waals surface area contributed by atoms with Crippen LogP contribution in [-0.2, 0) is 9.53 Å². The Labute approximate surface area is 160 Å². The van der Waals surface area contributed by atoms with Gasteiger partial charge in [0.2, 0.25) is 0 Å². The molecule has 1 unspecified atom stereocenters. The Morgan fingerprint density at radius 2 is 1.42 bits per heavy atom. The van der Waals surface area contributed by atoms with E-state index in [4.69, 9.17) is 4.74 Å². The number of esters is 1. The molecule has 0 bridgehead atoms. The van der Waals surface area contributed by atoms with Crippen LogP contribution in [0.15, 0.2) is 54.6 Å². The Kier molecular flexibility index (Phi) is 5.23. The summed E-state index contributed by atoms with van der Waals surface area (Å²) in [6.45, 7) is 3.56. The quantitative estimate of drug-likeness (QED) is 0.421. The number of carbonyl (C=O) groups excluding carboxylic acids is 3. The van der Waals surface area contributed by atoms with Crippen molar-refractivity contribution in [1.82, 2.24) is 4.90 Å². The van der Waals surface area contributed by atoms with Crippen molar-refractivity contribution in [2.45, 2.75) is 24.9 Å². The number of nitrogens with zero attached hydrogens (tertiary/aromatic N) is 1. The molecule has 0 N–H and O–H groups in total. The molecule has 0 spiro atoms. The molecule has 5 nitrogen and oxygen atoms in total. The Hall–Kier alpha value is -2.47. The fourth-order valence-electron chi connectivity index (χ4n) is 2.98. The summed E-state index contributed by atoms with van der Waals surface area (Å²) in [6, 6.07) is 14.7. The molecule has 2 aromatic rings. The predicted octanol–water partition coefficient (Wildman–Crippen LogP) is 3.94. The highest BCUT2D eigenvalue weighted by atomic mass is 79.9. The normalized spacial score (nSPS) is 15.8. The molecule has 0 radical (unpaired) electrons. The van der Waals surface area contributed by atoms with E-state index in [-0.39, 0.29) is 5.92 Å². The van der Waals surface area contributed by atoms with Crippen molar-refractivity contribution >= 4 is 33.7 Å². The Morgan fingerprint density at radius 3 is 1.92 bits per heavy atom. The van der Waals surface area contributed by atoms with Crippen LogP contribution in [0.1, 0.15) is 45.1 Å². The van der Waals surface area contributed by atoms with Crippen LogP contribution in [0.25, 0.3) is 0 Å². The van der Waals surface area contributed by atoms with Crippen molar-refractivity contribution < 1.29 is 19.1 Å². The first kappa shape index (κ1) is 18.3. The van der Waals surface area contributed by atoms with Crippen LogP contribution in [0, 0.1) is 5.92 Å². The van der Waals surface area contributed by atoms with Crippen LogP contribution in [0.5, 0.6) is 0 Å². The summed E-state index contributed by atoms with van der Waals surface area (Å²) in [6.07, 6.45) is 0. The van der Waals surface area contributed by atoms with Crippen LogP contribution >= 0.6 is 15.9 Å². The first-order valence-electron chi connectivity index (χ1n) is 8.28. The third kappa shape index (κ3) is 3.29. The predicted molar refractivity (Wildman–Crippen MR) is 99.8 cm³/mol. The summed E-state index contributed by atoms with van der Waals surface area (Å²) in [5.74, 6) is -1.85. The van der Waals surface area contributed by atoms with Gasteiger partial charge in [0.15, 0.2) is 5.01 Å². The van der Waals surface area contributed by atoms with Gasteiger partial charge in [-0.3, -0.25) is 14.5 Å². The first-order chi connectivity index (χ1) is 12.4. The molecule has 0 saturated carbocycles. The second kappa shape index (κ2) is 7.41. The zero-order chi connectivity index (χ0) is 18.8. The van der Waals surface area contributed by atoms with Gasteiger partial charge in [0, 0.05) is 5.56 Å². The Bertz CT molecular complexity index is 815. The summed E-state index contributed by atoms with van der Waals surface area (Å²) in [4.78, 5) is 39.2. The van der Waals surface area contributed by atoms with Gasteiger partial charge in [-0.1, -0.05) is 56.3 Å². The van der Waals surface area contributed by atoms with Gasteiger partial charge in [-0.25, -0.2) is 4.79 Å². The minimum Gasteiger partial charge on any atom is -0.444 e. The van der Waals surface area contributed by atoms with Crippen LogP contribution in [-0.4, -0.2) is 28.7 Å². The zero-order valence-corrected chi connectivity index (χ0v) is 16.0. The Morgan fingerprint density at radius 1 is 0.923 bits per heavy atom. The zero-order valence-electron chi connectivity index (χ0n) is 14.4. The van der Waals surface area contributed by atoms with Gasteiger partial charge in [0.25, 0.3) is 11.8 Å². The fraction of sp³-hybridized carbons (Fsp3) is 0.250. The monoisotopic (exact) mass is 415 g/mol. The fourth-order valence-corrected chi connectivity index (χ4v) is 3.47. The van der Waals surface area contributed by atoms with E-state index in [1.54, 1.807) is 38.1 Å². The van der Waals surface area contributed by atoms with E-state index >= 15 is 0 Å². The van der Waals surface area contributed by atoms with Crippen molar-refractivity contribution in [2.24, 2.45) is 5.92 Å². The number of hydrogen-bond acceptors (Lipinski definition) is 4. The second-order valence-electron chi connectivity index (χ2n) is 6.38. The number of benzene rings is 2. The number of carbonyl (C=O) groups is 3. The second-order valence-corrected chi connectivity index (χ2v) is 7.21. The highest BCUT2D eigenvalue weighted by Gasteiger charge is 2.45. The van der Waals surface area contributed by atoms with Crippen LogP contribution < -0.4 is 0 Å². The largest absolute Gasteiger partial charge is 0.444 e. The molecule has 2 aromatic carbocycles. The minimum atomic E-state index is -0.994. The maximum absolute atomic E-state index is 12.8. The summed E-state index contributed by atoms with van der Waals surface area (Å²) in [5, 5.41) is -0.660. The molecule has 1 aliphatic heterocycles. The standard InChI is InChI=1S/C20H18BrNO4/c1-12(2)16(20(25)26-17(21)13-8-4-3-5-9-13)22-18(23)14-10-6-7-11-15(14)19(22)24/h3-12,16-17H,1-2H3/t16-,17?/m1/s1. The van der Waals surface area contributed by atoms with E-state index < -0.39 is 28.8 Å². The van der Waals surface area contributed by atoms with E-state index in [2.05, 4.69) is 15.9 Å². The number of hydrogen-bond donors (Lipinski definition) is 0. The highest BCUT2D eigenvalue weighted by Crippen LogP contribution is 2.30. The molecule has 0 saturated heterocycles. The van der Waals surface area contributed by atoms with Gasteiger partial charge in [-0.05, 0) is 34.0 Å². The van der Waals surface area contributed by atoms with E-state index in [0.717, 1.165) is 10.5 Å². The topological polar surface area (TPSA) is 63.7 Å². The molecule has 1 aliphatic rings. The van der Waals surface area contributed by atoms with Gasteiger partial charge in [0.1, 0.15) is 6.04 Å². The van der Waals surface area contributed by atoms with Gasteiger partial charge >= 0.3 is 5.97 Å². The average molecular weight is 416 g/mol. The molecular formula is C20H18BrNO4. The number of fused-ring (bicyclic) bond motifs is 1. The number of halogens is 1. The number of ether oxygens (including phenoxy) is 1. The third-order valence-electron chi connectivity index (χ3n) is 4.26. The van der Waals surface area contributed by atoms with Crippen molar-refractivity contribution in [1.29, 1.82) is 0 Å². The van der Waals surface area contributed by atoms with E-state index in [1.165, 1.54) is 0 Å². The molecule has 2 atom stereocenters. The summed E-state index contributed by atoms with van der Waals surface area (Å²) in [5.41, 5.74) is 1.40. The first-order valence-corrected chi connectivity index (χ1v) is 9.19. The highest BCUT2D eigenvalue weighted by molar-refractivity contribution is 9.09. The number of amides is 2. The molecule has 1 heterocycles. The number of imide groups is 1. The third-order valence-corrected chi connectivity index (χ3v) is 4.97. The molecule has 3 rings (SSSR count). The van der Waals surface area contributed by atoms with E-state index in [0.29, 0.717) is 11.1 Å². The van der Waals surface area contributed by atoms with E-state index in [9.17, 15) is 14.4 Å². The van der Waals surface area contributed by atoms with E-state index in [1.807, 2.05) is 30.3 Å². The van der Waals surface area contributed by atoms with Crippen LogP contribution in [0.2, 0.25) is 0 Å². The Balaban J connectivity index is 1.85. The van der Waals surface area contributed by atoms with Crippen molar-refractivity contribution in [3.05, 3.63) is 71.3 Å². The summed E-state index contributed by atoms with van der Waals surface area (Å²) < 4.78 is 5.50. The van der Waals surface area contributed by atoms with Gasteiger partial charge in [0.05, 0.1) is 11.1 Å². The lowest BCUT2D eigenvalue weighted by Crippen LogP contribution is -2.48. The number of alkyl halides is 1. The van der Waals surface area contributed by atoms with Crippen molar-refractivity contribution in [3.8, 4) is 0 Å². The molecule has 6 heteroatoms. The molecule has 0 aliphatic carbocycles. The SMILES string of the molecule is CC(C)[C@H](C(=O)OC(Br)c1ccccc1)N1C(=O)c2ccccc2C1=O. The smallest absolute Gasteiger partial charge is 0.331 e. The van der Waals surface area contributed by atoms with Crippen LogP contribution in [0.4, 0.5) is 0 Å². The lowest BCUT2D eigenvalue weighted by molar-refractivity contribution is -0.151. The van der Waals surface area contributed by atoms with Gasteiger partial charge < -0.3 is 4.74 Å². The lowest BCUT2D eigenvalue weighted by Gasteiger charge is -2.28. The maximum atomic E-state index is 12.8. The summed E-state index contributed by atoms with van der Waals surface area (Å²) in [7, 11) is 0. The minimum absolute atomic E-state index is 0.291. The maximum Gasteiger partial charge on any atom is 0.331 e. The molecule has 26 heavy (non-hydrogen) atoms. The van der Waals surface area contributed by atoms with Gasteiger partial charge in [-0.2, -0.15) is 0 Å². The van der Waals surface area contributed by atoms with Crippen molar-refractivity contribution in [2.75, 3.05) is 0 Å². The summed E-state index contributed by atoms with van der Waals surface area (Å²) >= 11 is 3.34. The average Bonchev–Trinajstić information content (AvgIpc) is 2.88. The van der Waals surface area contributed by atoms with Crippen molar-refractivity contribution in [3.63, 3.8) is 0 Å². The molecule has 2 amide bonds. The van der Waals surface area contributed by atoms with Crippen LogP contribution in [0.3, 0.4) is 0 Å². The molecule has 0 fully saturated rings. The van der Waals surface area contributed by atoms with Gasteiger partial charge in [-0.15, -0.1) is 0 Å². The molecule has 0 aromatic heterocycles. The molecule has 134 valence electrons.